The predicted octanol–water partition coefficient (Wildman–Crippen LogP) is 5.73. The van der Waals surface area contributed by atoms with Crippen molar-refractivity contribution in [2.75, 3.05) is 5.06 Å². The summed E-state index contributed by atoms with van der Waals surface area (Å²) in [5.74, 6) is -25.6. The first-order chi connectivity index (χ1) is 14.6. The van der Waals surface area contributed by atoms with Crippen LogP contribution < -0.4 is 5.06 Å². The lowest BCUT2D eigenvalue weighted by molar-refractivity contribution is 0.283. The zero-order valence-electron chi connectivity index (χ0n) is 14.5. The average molecular weight is 453 g/mol. The molecule has 1 saturated heterocycles. The third kappa shape index (κ3) is 2.70. The Morgan fingerprint density at radius 3 is 1.16 bits per heavy atom. The summed E-state index contributed by atoms with van der Waals surface area (Å²) in [6.45, 7) is 0. The summed E-state index contributed by atoms with van der Waals surface area (Å²) in [5, 5.41) is 0.254. The Morgan fingerprint density at radius 2 is 0.806 bits per heavy atom. The van der Waals surface area contributed by atoms with Crippen LogP contribution in [0.4, 0.5) is 49.6 Å². The summed E-state index contributed by atoms with van der Waals surface area (Å²) in [4.78, 5) is 4.85. The molecule has 162 valence electrons. The summed E-state index contributed by atoms with van der Waals surface area (Å²) in [5.41, 5.74) is -7.57. The van der Waals surface area contributed by atoms with Gasteiger partial charge in [-0.25, -0.2) is 53.8 Å². The Balaban J connectivity index is 2.13. The molecule has 3 aromatic carbocycles. The zero-order chi connectivity index (χ0) is 22.8. The van der Waals surface area contributed by atoms with Crippen LogP contribution in [0.2, 0.25) is 0 Å². The van der Waals surface area contributed by atoms with E-state index in [-0.39, 0.29) is 10.8 Å². The Kier molecular flexibility index (Phi) is 4.65. The van der Waals surface area contributed by atoms with Crippen LogP contribution in [-0.2, 0) is 10.6 Å². The van der Waals surface area contributed by atoms with Crippen LogP contribution in [0.25, 0.3) is 0 Å². The lowest BCUT2D eigenvalue weighted by atomic mass is 9.93. The molecule has 0 bridgehead atoms. The summed E-state index contributed by atoms with van der Waals surface area (Å²) >= 11 is 0. The van der Waals surface area contributed by atoms with E-state index in [9.17, 15) is 43.9 Å². The fourth-order valence-corrected chi connectivity index (χ4v) is 3.13. The fourth-order valence-electron chi connectivity index (χ4n) is 3.13. The van der Waals surface area contributed by atoms with Crippen molar-refractivity contribution in [1.82, 2.24) is 0 Å². The molecule has 0 unspecified atom stereocenters. The Morgan fingerprint density at radius 1 is 0.484 bits per heavy atom. The van der Waals surface area contributed by atoms with Crippen LogP contribution in [0.15, 0.2) is 30.3 Å². The largest absolute Gasteiger partial charge is 0.254 e. The maximum Gasteiger partial charge on any atom is 0.254 e. The van der Waals surface area contributed by atoms with Crippen molar-refractivity contribution < 1.29 is 48.7 Å². The Bertz CT molecular complexity index is 1100. The summed E-state index contributed by atoms with van der Waals surface area (Å²) in [6, 6.07) is 6.25. The maximum atomic E-state index is 14.5. The number of halogens is 10. The highest BCUT2D eigenvalue weighted by Gasteiger charge is 2.66. The van der Waals surface area contributed by atoms with Gasteiger partial charge in [0.25, 0.3) is 5.72 Å². The van der Waals surface area contributed by atoms with E-state index < -0.39 is 75.0 Å². The van der Waals surface area contributed by atoms with E-state index in [1.807, 2.05) is 0 Å². The van der Waals surface area contributed by atoms with Crippen molar-refractivity contribution in [3.05, 3.63) is 99.6 Å². The molecule has 0 atom stereocenters. The van der Waals surface area contributed by atoms with Gasteiger partial charge in [0.15, 0.2) is 46.5 Å². The summed E-state index contributed by atoms with van der Waals surface area (Å²) < 4.78 is 140. The van der Waals surface area contributed by atoms with Gasteiger partial charge in [0.05, 0.1) is 16.8 Å². The van der Waals surface area contributed by atoms with Gasteiger partial charge in [-0.3, -0.25) is 0 Å². The van der Waals surface area contributed by atoms with Crippen LogP contribution in [0.3, 0.4) is 0 Å². The highest BCUT2D eigenvalue weighted by Crippen LogP contribution is 2.56. The molecule has 0 aliphatic carbocycles. The Hall–Kier alpha value is -3.28. The van der Waals surface area contributed by atoms with Gasteiger partial charge in [0.2, 0.25) is 11.6 Å². The molecule has 1 fully saturated rings. The monoisotopic (exact) mass is 453 g/mol. The number of anilines is 1. The number of para-hydroxylation sites is 1. The first kappa shape index (κ1) is 21.0. The smallest absolute Gasteiger partial charge is 0.229 e. The van der Waals surface area contributed by atoms with Crippen LogP contribution >= 0.6 is 0 Å². The highest BCUT2D eigenvalue weighted by molar-refractivity contribution is 5.59. The molecular formula is C19H5F10NO. The van der Waals surface area contributed by atoms with Gasteiger partial charge < -0.3 is 0 Å². The minimum absolute atomic E-state index is 0.254. The maximum absolute atomic E-state index is 14.5. The molecular weight excluding hydrogens is 448 g/mol. The molecule has 1 aliphatic heterocycles. The molecule has 2 nitrogen and oxygen atoms in total. The fraction of sp³-hybridized carbons (Fsp3) is 0.0526. The van der Waals surface area contributed by atoms with Gasteiger partial charge in [0, 0.05) is 0 Å². The molecule has 0 spiro atoms. The standard InChI is InChI=1S/C19H5F10NO/c20-9-7(10(21)14(25)17(28)13(9)24)19(30(31-19)6-4-2-1-3-5-6)8-11(22)15(26)18(29)16(27)12(8)23/h1-5H. The molecule has 0 radical (unpaired) electrons. The number of benzene rings is 3. The molecule has 12 heteroatoms. The first-order valence-corrected chi connectivity index (χ1v) is 8.13. The first-order valence-electron chi connectivity index (χ1n) is 8.13. The van der Waals surface area contributed by atoms with Crippen molar-refractivity contribution in [3.8, 4) is 0 Å². The number of rotatable bonds is 3. The second kappa shape index (κ2) is 6.87. The van der Waals surface area contributed by atoms with Gasteiger partial charge in [-0.05, 0) is 12.1 Å². The lowest BCUT2D eigenvalue weighted by Crippen LogP contribution is -2.28. The summed E-state index contributed by atoms with van der Waals surface area (Å²) in [6.07, 6.45) is 0. The van der Waals surface area contributed by atoms with Crippen molar-refractivity contribution >= 4 is 5.69 Å². The minimum atomic E-state index is -3.39. The number of hydrogen-bond donors (Lipinski definition) is 0. The van der Waals surface area contributed by atoms with Crippen molar-refractivity contribution in [2.24, 2.45) is 0 Å². The molecule has 3 aromatic rings. The minimum Gasteiger partial charge on any atom is -0.229 e. The molecule has 1 heterocycles. The van der Waals surface area contributed by atoms with E-state index in [0.717, 1.165) is 12.1 Å². The van der Waals surface area contributed by atoms with Gasteiger partial charge >= 0.3 is 0 Å². The van der Waals surface area contributed by atoms with Gasteiger partial charge in [-0.1, -0.05) is 18.2 Å². The third-order valence-corrected chi connectivity index (χ3v) is 4.56. The lowest BCUT2D eigenvalue weighted by Gasteiger charge is -2.18. The van der Waals surface area contributed by atoms with Gasteiger partial charge in [-0.15, -0.1) is 0 Å². The van der Waals surface area contributed by atoms with E-state index >= 15 is 0 Å². The molecule has 1 aliphatic rings. The molecule has 0 aromatic heterocycles. The van der Waals surface area contributed by atoms with Crippen LogP contribution in [0.5, 0.6) is 0 Å². The quantitative estimate of drug-likeness (QED) is 0.218. The van der Waals surface area contributed by atoms with Crippen molar-refractivity contribution in [3.63, 3.8) is 0 Å². The van der Waals surface area contributed by atoms with E-state index in [1.165, 1.54) is 18.2 Å². The van der Waals surface area contributed by atoms with Crippen LogP contribution in [0.1, 0.15) is 11.1 Å². The Labute approximate surface area is 165 Å². The second-order valence-electron chi connectivity index (χ2n) is 6.26. The van der Waals surface area contributed by atoms with E-state index in [0.29, 0.717) is 0 Å². The number of hydrogen-bond acceptors (Lipinski definition) is 2. The van der Waals surface area contributed by atoms with E-state index in [4.69, 9.17) is 4.84 Å². The normalized spacial score (nSPS) is 14.8. The van der Waals surface area contributed by atoms with Gasteiger partial charge in [-0.2, -0.15) is 0 Å². The molecule has 0 amide bonds. The van der Waals surface area contributed by atoms with Gasteiger partial charge in [0.1, 0.15) is 0 Å². The van der Waals surface area contributed by atoms with E-state index in [2.05, 4.69) is 0 Å². The topological polar surface area (TPSA) is 15.5 Å². The van der Waals surface area contributed by atoms with Crippen molar-refractivity contribution in [2.45, 2.75) is 5.72 Å². The van der Waals surface area contributed by atoms with Crippen LogP contribution in [-0.4, -0.2) is 0 Å². The second-order valence-corrected chi connectivity index (χ2v) is 6.26. The third-order valence-electron chi connectivity index (χ3n) is 4.56. The molecule has 0 saturated carbocycles. The molecule has 4 rings (SSSR count). The van der Waals surface area contributed by atoms with Crippen molar-refractivity contribution in [1.29, 1.82) is 0 Å². The highest BCUT2D eigenvalue weighted by atomic mass is 19.2. The summed E-state index contributed by atoms with van der Waals surface area (Å²) in [7, 11) is 0. The zero-order valence-corrected chi connectivity index (χ0v) is 14.5. The predicted molar refractivity (Wildman–Crippen MR) is 83.3 cm³/mol. The van der Waals surface area contributed by atoms with Crippen LogP contribution in [0, 0.1) is 58.2 Å². The van der Waals surface area contributed by atoms with E-state index in [1.54, 1.807) is 0 Å². The average Bonchev–Trinajstić information content (AvgIpc) is 3.50. The SMILES string of the molecule is Fc1c(F)c(F)c(C2(c3c(F)c(F)c(F)c(F)c3F)ON2c2ccccc2)c(F)c1F. The molecule has 0 N–H and O–H groups in total. The number of nitrogens with zero attached hydrogens (tertiary/aromatic N) is 1. The number of hydroxylamine groups is 1. The molecule has 31 heavy (non-hydrogen) atoms.